The molecule has 0 bridgehead atoms. The summed E-state index contributed by atoms with van der Waals surface area (Å²) >= 11 is 0. The summed E-state index contributed by atoms with van der Waals surface area (Å²) in [5.41, 5.74) is -2.62. The molecule has 7 heteroatoms. The van der Waals surface area contributed by atoms with Crippen LogP contribution in [0.25, 0.3) is 0 Å². The third-order valence-corrected chi connectivity index (χ3v) is 8.89. The zero-order valence-electron chi connectivity index (χ0n) is 20.9. The Morgan fingerprint density at radius 2 is 1.83 bits per heavy atom. The van der Waals surface area contributed by atoms with Crippen LogP contribution in [0.4, 0.5) is 0 Å². The van der Waals surface area contributed by atoms with Crippen LogP contribution in [0.2, 0.25) is 0 Å². The monoisotopic (exact) mass is 480 g/mol. The Hall–Kier alpha value is -2.19. The molecule has 3 N–H and O–H groups in total. The maximum atomic E-state index is 13.1. The molecule has 0 spiro atoms. The van der Waals surface area contributed by atoms with Crippen LogP contribution >= 0.6 is 0 Å². The lowest BCUT2D eigenvalue weighted by Crippen LogP contribution is -2.67. The molecular weight excluding hydrogens is 444 g/mol. The van der Waals surface area contributed by atoms with E-state index in [1.807, 2.05) is 45.0 Å². The molecule has 1 saturated carbocycles. The molecule has 1 heterocycles. The van der Waals surface area contributed by atoms with Crippen molar-refractivity contribution in [3.05, 3.63) is 59.2 Å². The first-order valence-electron chi connectivity index (χ1n) is 12.6. The summed E-state index contributed by atoms with van der Waals surface area (Å²) in [5, 5.41) is 43.7. The predicted molar refractivity (Wildman–Crippen MR) is 130 cm³/mol. The van der Waals surface area contributed by atoms with Crippen molar-refractivity contribution in [3.63, 3.8) is 0 Å². The average Bonchev–Trinajstić information content (AvgIpc) is 3.17. The molecule has 5 rings (SSSR count). The van der Waals surface area contributed by atoms with Crippen LogP contribution in [-0.4, -0.2) is 56.8 Å². The van der Waals surface area contributed by atoms with E-state index >= 15 is 0 Å². The average molecular weight is 481 g/mol. The second-order valence-corrected chi connectivity index (χ2v) is 11.5. The molecule has 0 radical (unpaired) electrons. The predicted octanol–water partition coefficient (Wildman–Crippen LogP) is 3.39. The lowest BCUT2D eigenvalue weighted by atomic mass is 9.52. The number of azo groups is 1. The van der Waals surface area contributed by atoms with Crippen molar-refractivity contribution >= 4 is 5.78 Å². The van der Waals surface area contributed by atoms with E-state index in [1.54, 1.807) is 13.0 Å². The number of hydrogen-bond donors (Lipinski definition) is 3. The topological polar surface area (TPSA) is 112 Å². The molecule has 1 fully saturated rings. The number of aliphatic hydroxyl groups excluding tert-OH is 1. The quantitative estimate of drug-likeness (QED) is 0.560. The number of rotatable bonds is 5. The van der Waals surface area contributed by atoms with Crippen molar-refractivity contribution in [2.24, 2.45) is 33.9 Å². The number of benzene rings is 1. The highest BCUT2D eigenvalue weighted by Gasteiger charge is 2.71. The molecule has 0 aromatic heterocycles. The minimum Gasteiger partial charge on any atom is -0.392 e. The van der Waals surface area contributed by atoms with Gasteiger partial charge < -0.3 is 20.1 Å². The molecule has 35 heavy (non-hydrogen) atoms. The zero-order valence-corrected chi connectivity index (χ0v) is 20.9. The minimum atomic E-state index is -1.78. The van der Waals surface area contributed by atoms with Crippen molar-refractivity contribution in [3.8, 4) is 0 Å². The highest BCUT2D eigenvalue weighted by molar-refractivity contribution is 6.04. The molecule has 0 amide bonds. The summed E-state index contributed by atoms with van der Waals surface area (Å²) in [6.07, 6.45) is 4.75. The first-order chi connectivity index (χ1) is 16.5. The van der Waals surface area contributed by atoms with Crippen molar-refractivity contribution in [2.75, 3.05) is 13.2 Å². The number of ketones is 1. The summed E-state index contributed by atoms with van der Waals surface area (Å²) in [6, 6.07) is 10.1. The molecule has 188 valence electrons. The lowest BCUT2D eigenvalue weighted by Gasteiger charge is -2.57. The van der Waals surface area contributed by atoms with Gasteiger partial charge in [-0.25, -0.2) is 0 Å². The Balaban J connectivity index is 1.57. The molecule has 7 atom stereocenters. The number of fused-ring (bicyclic) bond motifs is 5. The molecule has 7 nitrogen and oxygen atoms in total. The molecule has 1 aromatic carbocycles. The minimum absolute atomic E-state index is 0.00430. The maximum absolute atomic E-state index is 13.1. The Kier molecular flexibility index (Phi) is 5.72. The molecular formula is C28H36N2O5. The Labute approximate surface area is 206 Å². The third-order valence-electron chi connectivity index (χ3n) is 8.89. The lowest BCUT2D eigenvalue weighted by molar-refractivity contribution is -0.226. The maximum Gasteiger partial charge on any atom is 0.190 e. The van der Waals surface area contributed by atoms with Crippen LogP contribution in [0.5, 0.6) is 0 Å². The normalized spacial score (nSPS) is 41.5. The van der Waals surface area contributed by atoms with Gasteiger partial charge in [0.05, 0.1) is 24.4 Å². The van der Waals surface area contributed by atoms with Crippen molar-refractivity contribution in [2.45, 2.75) is 69.4 Å². The van der Waals surface area contributed by atoms with Crippen LogP contribution in [0.3, 0.4) is 0 Å². The van der Waals surface area contributed by atoms with Gasteiger partial charge in [0.1, 0.15) is 5.60 Å². The van der Waals surface area contributed by atoms with E-state index in [1.165, 1.54) is 5.56 Å². The van der Waals surface area contributed by atoms with E-state index in [0.29, 0.717) is 24.2 Å². The third kappa shape index (κ3) is 3.50. The number of aliphatic hydroxyl groups is 3. The van der Waals surface area contributed by atoms with E-state index in [2.05, 4.69) is 17.2 Å². The van der Waals surface area contributed by atoms with Crippen LogP contribution in [0, 0.1) is 23.7 Å². The van der Waals surface area contributed by atoms with E-state index in [4.69, 9.17) is 9.85 Å². The molecule has 0 saturated heterocycles. The molecule has 3 aliphatic carbocycles. The number of hydrogen-bond acceptors (Lipinski definition) is 7. The molecule has 1 aromatic rings. The standard InChI is InChI=1S/C28H36N2O5/c1-17-12-22-26(33,24(17)32)15-20(16-31)13-21-23-25(3,4)29-30-27(23,14-18(2)28(21,22)34)35-11-10-19-8-6-5-7-9-19/h5-9,12-13,18,21-23,31,33-34H,10-11,14-16H2,1-4H3/t18-,21+,22-,23-,26-,27?,28-/m1/s1. The van der Waals surface area contributed by atoms with Crippen LogP contribution in [0.1, 0.15) is 46.1 Å². The van der Waals surface area contributed by atoms with E-state index < -0.39 is 34.3 Å². The van der Waals surface area contributed by atoms with E-state index in [9.17, 15) is 20.1 Å². The first-order valence-corrected chi connectivity index (χ1v) is 12.6. The van der Waals surface area contributed by atoms with Crippen molar-refractivity contribution in [1.29, 1.82) is 0 Å². The zero-order chi connectivity index (χ0) is 25.2. The van der Waals surface area contributed by atoms with Crippen molar-refractivity contribution < 1.29 is 24.9 Å². The van der Waals surface area contributed by atoms with Crippen LogP contribution < -0.4 is 0 Å². The van der Waals surface area contributed by atoms with Gasteiger partial charge in [-0.15, -0.1) is 0 Å². The highest BCUT2D eigenvalue weighted by Crippen LogP contribution is 2.63. The van der Waals surface area contributed by atoms with Crippen LogP contribution in [-0.2, 0) is 16.0 Å². The summed E-state index contributed by atoms with van der Waals surface area (Å²) in [7, 11) is 0. The molecule has 1 unspecified atom stereocenters. The van der Waals surface area contributed by atoms with Gasteiger partial charge in [0.25, 0.3) is 0 Å². The number of ether oxygens (including phenoxy) is 1. The van der Waals surface area contributed by atoms with Gasteiger partial charge in [-0.3, -0.25) is 4.79 Å². The number of carbonyl (C=O) groups is 1. The van der Waals surface area contributed by atoms with Gasteiger partial charge in [0, 0.05) is 30.6 Å². The summed E-state index contributed by atoms with van der Waals surface area (Å²) in [6.45, 7) is 7.76. The summed E-state index contributed by atoms with van der Waals surface area (Å²) < 4.78 is 6.58. The summed E-state index contributed by atoms with van der Waals surface area (Å²) in [5.74, 6) is -2.38. The fourth-order valence-electron chi connectivity index (χ4n) is 7.31. The molecule has 1 aliphatic heterocycles. The van der Waals surface area contributed by atoms with Gasteiger partial charge in [0.15, 0.2) is 11.5 Å². The SMILES string of the molecule is CC1=C[C@H]2[C@@]3(O)[C@H](C)CC4(OCCc5ccccc5)N=NC(C)(C)[C@H]4[C@@H]3C=C(CO)C[C@]2(O)C1=O. The molecule has 4 aliphatic rings. The highest BCUT2D eigenvalue weighted by atomic mass is 16.5. The van der Waals surface area contributed by atoms with Gasteiger partial charge in [0.2, 0.25) is 0 Å². The van der Waals surface area contributed by atoms with E-state index in [0.717, 1.165) is 6.42 Å². The van der Waals surface area contributed by atoms with Gasteiger partial charge in [-0.1, -0.05) is 49.4 Å². The van der Waals surface area contributed by atoms with Crippen molar-refractivity contribution in [1.82, 2.24) is 0 Å². The fourth-order valence-corrected chi connectivity index (χ4v) is 7.31. The van der Waals surface area contributed by atoms with Gasteiger partial charge >= 0.3 is 0 Å². The Morgan fingerprint density at radius 1 is 1.11 bits per heavy atom. The van der Waals surface area contributed by atoms with Gasteiger partial charge in [-0.2, -0.15) is 10.2 Å². The number of Topliss-reactive ketones (excluding diaryl/α,β-unsaturated/α-hetero) is 1. The number of nitrogens with zero attached hydrogens (tertiary/aromatic N) is 2. The Morgan fingerprint density at radius 3 is 2.51 bits per heavy atom. The smallest absolute Gasteiger partial charge is 0.190 e. The first kappa shape index (κ1) is 24.5. The summed E-state index contributed by atoms with van der Waals surface area (Å²) in [4.78, 5) is 13.1. The second-order valence-electron chi connectivity index (χ2n) is 11.5. The number of carbonyl (C=O) groups excluding carboxylic acids is 1. The Bertz CT molecular complexity index is 1110. The second kappa shape index (κ2) is 8.17. The fraction of sp³-hybridized carbons (Fsp3) is 0.607. The largest absolute Gasteiger partial charge is 0.392 e. The van der Waals surface area contributed by atoms with E-state index in [-0.39, 0.29) is 30.6 Å². The van der Waals surface area contributed by atoms with Gasteiger partial charge in [-0.05, 0) is 49.8 Å². The van der Waals surface area contributed by atoms with Crippen LogP contribution in [0.15, 0.2) is 63.9 Å².